The Morgan fingerprint density at radius 2 is 2.14 bits per heavy atom. The third-order valence-electron chi connectivity index (χ3n) is 4.40. The van der Waals surface area contributed by atoms with Crippen LogP contribution in [0.15, 0.2) is 41.4 Å². The first kappa shape index (κ1) is 17.8. The first-order chi connectivity index (χ1) is 13.6. The molecule has 0 aliphatic carbocycles. The van der Waals surface area contributed by atoms with Crippen LogP contribution >= 0.6 is 11.3 Å². The second-order valence-corrected chi connectivity index (χ2v) is 7.06. The monoisotopic (exact) mass is 392 g/mol. The number of nitriles is 1. The van der Waals surface area contributed by atoms with Crippen LogP contribution in [-0.4, -0.2) is 22.3 Å². The van der Waals surface area contributed by atoms with Crippen molar-refractivity contribution in [3.8, 4) is 23.3 Å². The van der Waals surface area contributed by atoms with Crippen molar-refractivity contribution in [3.05, 3.63) is 58.4 Å². The van der Waals surface area contributed by atoms with Gasteiger partial charge in [-0.2, -0.15) is 5.26 Å². The minimum Gasteiger partial charge on any atom is -0.454 e. The van der Waals surface area contributed by atoms with Crippen molar-refractivity contribution in [3.63, 3.8) is 0 Å². The lowest BCUT2D eigenvalue weighted by Crippen LogP contribution is -2.13. The summed E-state index contributed by atoms with van der Waals surface area (Å²) in [6.07, 6.45) is 3.18. The highest BCUT2D eigenvalue weighted by atomic mass is 32.1. The number of rotatable bonds is 4. The second-order valence-electron chi connectivity index (χ2n) is 6.16. The van der Waals surface area contributed by atoms with E-state index in [1.807, 2.05) is 48.7 Å². The van der Waals surface area contributed by atoms with Crippen molar-refractivity contribution in [2.24, 2.45) is 0 Å². The Hall–Kier alpha value is -3.57. The van der Waals surface area contributed by atoms with Gasteiger partial charge in [-0.25, -0.2) is 4.98 Å². The maximum Gasteiger partial charge on any atom is 0.268 e. The zero-order chi connectivity index (χ0) is 19.7. The Bertz CT molecular complexity index is 1120. The summed E-state index contributed by atoms with van der Waals surface area (Å²) in [5.41, 5.74) is 3.61. The van der Waals surface area contributed by atoms with Crippen molar-refractivity contribution in [2.45, 2.75) is 13.8 Å². The lowest BCUT2D eigenvalue weighted by atomic mass is 10.1. The highest BCUT2D eigenvalue weighted by molar-refractivity contribution is 7.13. The molecule has 0 radical (unpaired) electrons. The summed E-state index contributed by atoms with van der Waals surface area (Å²) in [7, 11) is 0. The highest BCUT2D eigenvalue weighted by Gasteiger charge is 2.17. The van der Waals surface area contributed by atoms with Crippen LogP contribution in [0.25, 0.3) is 11.8 Å². The van der Waals surface area contributed by atoms with Gasteiger partial charge in [0.1, 0.15) is 11.6 Å². The molecule has 1 aromatic carbocycles. The van der Waals surface area contributed by atoms with Gasteiger partial charge in [-0.15, -0.1) is 11.3 Å². The van der Waals surface area contributed by atoms with Gasteiger partial charge >= 0.3 is 0 Å². The van der Waals surface area contributed by atoms with E-state index in [0.717, 1.165) is 28.4 Å². The molecule has 0 unspecified atom stereocenters. The van der Waals surface area contributed by atoms with Crippen LogP contribution in [-0.2, 0) is 4.79 Å². The number of nitrogens with zero attached hydrogens (tertiary/aromatic N) is 3. The van der Waals surface area contributed by atoms with Crippen molar-refractivity contribution >= 4 is 28.5 Å². The number of carbonyl (C=O) groups excluding carboxylic acids is 1. The van der Waals surface area contributed by atoms with Gasteiger partial charge < -0.3 is 14.0 Å². The minimum absolute atomic E-state index is 0.0149. The normalized spacial score (nSPS) is 12.7. The van der Waals surface area contributed by atoms with Gasteiger partial charge in [0.25, 0.3) is 5.91 Å². The molecule has 0 saturated heterocycles. The number of hydrogen-bond acceptors (Lipinski definition) is 6. The minimum atomic E-state index is -0.481. The number of benzene rings is 1. The van der Waals surface area contributed by atoms with Crippen molar-refractivity contribution in [2.75, 3.05) is 12.1 Å². The van der Waals surface area contributed by atoms with Crippen LogP contribution in [0.4, 0.5) is 5.13 Å². The summed E-state index contributed by atoms with van der Waals surface area (Å²) in [5.74, 6) is 0.935. The molecule has 0 saturated carbocycles. The Labute approximate surface area is 165 Å². The van der Waals surface area contributed by atoms with Gasteiger partial charge in [0.15, 0.2) is 16.6 Å². The third-order valence-corrected chi connectivity index (χ3v) is 5.09. The molecule has 1 aliphatic rings. The van der Waals surface area contributed by atoms with Crippen LogP contribution in [0.5, 0.6) is 11.5 Å². The Morgan fingerprint density at radius 1 is 1.32 bits per heavy atom. The van der Waals surface area contributed by atoms with E-state index in [1.165, 1.54) is 11.3 Å². The van der Waals surface area contributed by atoms with Gasteiger partial charge in [0, 0.05) is 34.7 Å². The molecule has 3 heterocycles. The number of nitrogens with one attached hydrogen (secondary N) is 1. The molecule has 0 atom stereocenters. The number of aryl methyl sites for hydroxylation is 1. The zero-order valence-electron chi connectivity index (χ0n) is 15.2. The highest BCUT2D eigenvalue weighted by Crippen LogP contribution is 2.35. The predicted molar refractivity (Wildman–Crippen MR) is 106 cm³/mol. The summed E-state index contributed by atoms with van der Waals surface area (Å²) >= 11 is 1.30. The van der Waals surface area contributed by atoms with E-state index in [0.29, 0.717) is 10.9 Å². The number of hydrogen-bond donors (Lipinski definition) is 1. The Kier molecular flexibility index (Phi) is 4.59. The average Bonchev–Trinajstić information content (AvgIpc) is 3.40. The van der Waals surface area contributed by atoms with Crippen molar-refractivity contribution in [1.29, 1.82) is 5.26 Å². The molecule has 1 N–H and O–H groups in total. The number of ether oxygens (including phenoxy) is 2. The van der Waals surface area contributed by atoms with E-state index >= 15 is 0 Å². The molecule has 0 fully saturated rings. The van der Waals surface area contributed by atoms with Crippen LogP contribution < -0.4 is 14.8 Å². The molecule has 7 nitrogen and oxygen atoms in total. The molecule has 3 aromatic rings. The van der Waals surface area contributed by atoms with E-state index in [4.69, 9.17) is 9.47 Å². The van der Waals surface area contributed by atoms with Gasteiger partial charge in [-0.3, -0.25) is 10.1 Å². The molecular weight excluding hydrogens is 376 g/mol. The molecule has 1 aliphatic heterocycles. The maximum absolute atomic E-state index is 12.4. The topological polar surface area (TPSA) is 89.2 Å². The summed E-state index contributed by atoms with van der Waals surface area (Å²) in [6, 6.07) is 9.64. The number of aromatic nitrogens is 2. The van der Waals surface area contributed by atoms with E-state index in [-0.39, 0.29) is 12.4 Å². The summed E-state index contributed by atoms with van der Waals surface area (Å²) in [6.45, 7) is 4.13. The Balaban J connectivity index is 1.67. The van der Waals surface area contributed by atoms with Gasteiger partial charge in [-0.05, 0) is 43.7 Å². The van der Waals surface area contributed by atoms with Crippen LogP contribution in [0.3, 0.4) is 0 Å². The quantitative estimate of drug-likeness (QED) is 0.538. The fraction of sp³-hybridized carbons (Fsp3) is 0.150. The standard InChI is InChI=1S/C20H16N4O3S/c1-12-7-14(8-15(10-21)19(25)23-20-22-5-6-28-20)13(2)24(12)16-3-4-17-18(9-16)27-11-26-17/h3-9H,11H2,1-2H3,(H,22,23,25)/b15-8+. The molecule has 1 amide bonds. The number of amides is 1. The van der Waals surface area contributed by atoms with Crippen molar-refractivity contribution < 1.29 is 14.3 Å². The predicted octanol–water partition coefficient (Wildman–Crippen LogP) is 3.83. The number of thiazole rings is 1. The van der Waals surface area contributed by atoms with Crippen LogP contribution in [0.2, 0.25) is 0 Å². The smallest absolute Gasteiger partial charge is 0.268 e. The number of anilines is 1. The zero-order valence-corrected chi connectivity index (χ0v) is 16.0. The molecular formula is C20H16N4O3S. The number of carbonyl (C=O) groups is 1. The Morgan fingerprint density at radius 3 is 2.89 bits per heavy atom. The lowest BCUT2D eigenvalue weighted by Gasteiger charge is -2.10. The summed E-state index contributed by atoms with van der Waals surface area (Å²) in [4.78, 5) is 16.4. The molecule has 140 valence electrons. The molecule has 8 heteroatoms. The molecule has 0 bridgehead atoms. The van der Waals surface area contributed by atoms with Crippen molar-refractivity contribution in [1.82, 2.24) is 9.55 Å². The second kappa shape index (κ2) is 7.21. The summed E-state index contributed by atoms with van der Waals surface area (Å²) in [5, 5.41) is 14.3. The largest absolute Gasteiger partial charge is 0.454 e. The lowest BCUT2D eigenvalue weighted by molar-refractivity contribution is -0.112. The van der Waals surface area contributed by atoms with Gasteiger partial charge in [0.2, 0.25) is 6.79 Å². The van der Waals surface area contributed by atoms with Gasteiger partial charge in [0.05, 0.1) is 0 Å². The molecule has 0 spiro atoms. The SMILES string of the molecule is Cc1cc(/C=C(\C#N)C(=O)Nc2nccs2)c(C)n1-c1ccc2c(c1)OCO2. The first-order valence-electron chi connectivity index (χ1n) is 8.48. The fourth-order valence-corrected chi connectivity index (χ4v) is 3.63. The van der Waals surface area contributed by atoms with Crippen LogP contribution in [0, 0.1) is 25.2 Å². The molecule has 2 aromatic heterocycles. The number of fused-ring (bicyclic) bond motifs is 1. The molecule has 4 rings (SSSR count). The van der Waals surface area contributed by atoms with E-state index in [1.54, 1.807) is 17.7 Å². The van der Waals surface area contributed by atoms with E-state index < -0.39 is 5.91 Å². The third kappa shape index (κ3) is 3.23. The fourth-order valence-electron chi connectivity index (χ4n) is 3.11. The first-order valence-corrected chi connectivity index (χ1v) is 9.36. The maximum atomic E-state index is 12.4. The summed E-state index contributed by atoms with van der Waals surface area (Å²) < 4.78 is 12.9. The average molecular weight is 392 g/mol. The van der Waals surface area contributed by atoms with E-state index in [9.17, 15) is 10.1 Å². The molecule has 28 heavy (non-hydrogen) atoms. The van der Waals surface area contributed by atoms with E-state index in [2.05, 4.69) is 10.3 Å². The van der Waals surface area contributed by atoms with Crippen LogP contribution in [0.1, 0.15) is 17.0 Å². The van der Waals surface area contributed by atoms with Gasteiger partial charge in [-0.1, -0.05) is 0 Å².